The molecule has 0 fully saturated rings. The second kappa shape index (κ2) is 4.61. The Morgan fingerprint density at radius 1 is 1.59 bits per heavy atom. The van der Waals surface area contributed by atoms with Crippen molar-refractivity contribution in [1.29, 1.82) is 0 Å². The Kier molecular flexibility index (Phi) is 3.60. The number of rotatable bonds is 4. The zero-order valence-corrected chi connectivity index (χ0v) is 10.7. The van der Waals surface area contributed by atoms with Crippen molar-refractivity contribution in [2.24, 2.45) is 0 Å². The average molecular weight is 237 g/mol. The lowest BCUT2D eigenvalue weighted by molar-refractivity contribution is 0.0696. The van der Waals surface area contributed by atoms with Crippen LogP contribution in [0.2, 0.25) is 0 Å². The first kappa shape index (κ1) is 13.3. The second-order valence-electron chi connectivity index (χ2n) is 4.67. The third kappa shape index (κ3) is 2.67. The van der Waals surface area contributed by atoms with Crippen LogP contribution in [0.1, 0.15) is 37.6 Å². The van der Waals surface area contributed by atoms with E-state index < -0.39 is 5.97 Å². The van der Waals surface area contributed by atoms with Gasteiger partial charge in [0.25, 0.3) is 0 Å². The van der Waals surface area contributed by atoms with Crippen LogP contribution in [0.25, 0.3) is 0 Å². The maximum atomic E-state index is 10.8. The Morgan fingerprint density at radius 2 is 2.18 bits per heavy atom. The Balaban J connectivity index is 3.12. The van der Waals surface area contributed by atoms with Crippen molar-refractivity contribution >= 4 is 17.5 Å². The first-order chi connectivity index (χ1) is 7.79. The number of anilines is 2. The molecule has 1 heterocycles. The molecule has 0 atom stereocenters. The standard InChI is InChI=1S/C12H19N3O2/c1-5-12(2,3)15(4)10-9(13)6-8(7-14-10)11(16)17/h6-7H,5,13H2,1-4H3,(H,16,17). The Labute approximate surface area is 101 Å². The van der Waals surface area contributed by atoms with E-state index in [1.54, 1.807) is 0 Å². The van der Waals surface area contributed by atoms with Crippen LogP contribution in [0, 0.1) is 0 Å². The summed E-state index contributed by atoms with van der Waals surface area (Å²) in [6.07, 6.45) is 2.27. The molecule has 0 aliphatic carbocycles. The second-order valence-corrected chi connectivity index (χ2v) is 4.67. The topological polar surface area (TPSA) is 79.5 Å². The van der Waals surface area contributed by atoms with Crippen LogP contribution in [0.15, 0.2) is 12.3 Å². The van der Waals surface area contributed by atoms with Gasteiger partial charge in [0, 0.05) is 18.8 Å². The van der Waals surface area contributed by atoms with Crippen LogP contribution in [0.3, 0.4) is 0 Å². The number of carboxylic acid groups (broad SMARTS) is 1. The minimum atomic E-state index is -1.02. The van der Waals surface area contributed by atoms with Gasteiger partial charge in [0.1, 0.15) is 0 Å². The molecule has 0 aliphatic heterocycles. The zero-order valence-electron chi connectivity index (χ0n) is 10.7. The number of aromatic carboxylic acids is 1. The third-order valence-electron chi connectivity index (χ3n) is 3.23. The average Bonchev–Trinajstić information content (AvgIpc) is 2.27. The molecule has 0 bridgehead atoms. The molecule has 0 aliphatic rings. The van der Waals surface area contributed by atoms with E-state index in [1.165, 1.54) is 12.3 Å². The summed E-state index contributed by atoms with van der Waals surface area (Å²) >= 11 is 0. The highest BCUT2D eigenvalue weighted by Crippen LogP contribution is 2.28. The van der Waals surface area contributed by atoms with Gasteiger partial charge in [-0.1, -0.05) is 6.92 Å². The SMILES string of the molecule is CCC(C)(C)N(C)c1ncc(C(=O)O)cc1N. The summed E-state index contributed by atoms with van der Waals surface area (Å²) in [5.74, 6) is -0.407. The van der Waals surface area contributed by atoms with E-state index in [0.29, 0.717) is 11.5 Å². The van der Waals surface area contributed by atoms with Gasteiger partial charge in [-0.15, -0.1) is 0 Å². The maximum Gasteiger partial charge on any atom is 0.337 e. The monoisotopic (exact) mass is 237 g/mol. The lowest BCUT2D eigenvalue weighted by Gasteiger charge is -2.36. The highest BCUT2D eigenvalue weighted by molar-refractivity contribution is 5.89. The van der Waals surface area contributed by atoms with Crippen LogP contribution in [0.5, 0.6) is 0 Å². The first-order valence-electron chi connectivity index (χ1n) is 5.52. The molecule has 5 nitrogen and oxygen atoms in total. The lowest BCUT2D eigenvalue weighted by atomic mass is 10.00. The van der Waals surface area contributed by atoms with Gasteiger partial charge in [0.15, 0.2) is 5.82 Å². The molecule has 0 spiro atoms. The van der Waals surface area contributed by atoms with E-state index in [0.717, 1.165) is 6.42 Å². The molecule has 0 aromatic carbocycles. The molecule has 1 aromatic heterocycles. The van der Waals surface area contributed by atoms with Gasteiger partial charge in [0.2, 0.25) is 0 Å². The number of hydrogen-bond acceptors (Lipinski definition) is 4. The van der Waals surface area contributed by atoms with Gasteiger partial charge in [0.05, 0.1) is 11.3 Å². The fourth-order valence-electron chi connectivity index (χ4n) is 1.40. The number of pyridine rings is 1. The van der Waals surface area contributed by atoms with Crippen molar-refractivity contribution in [2.45, 2.75) is 32.7 Å². The van der Waals surface area contributed by atoms with Crippen LogP contribution >= 0.6 is 0 Å². The van der Waals surface area contributed by atoms with E-state index in [-0.39, 0.29) is 11.1 Å². The quantitative estimate of drug-likeness (QED) is 0.837. The number of carboxylic acids is 1. The molecule has 0 radical (unpaired) electrons. The Hall–Kier alpha value is -1.78. The number of hydrogen-bond donors (Lipinski definition) is 2. The van der Waals surface area contributed by atoms with Crippen molar-refractivity contribution < 1.29 is 9.90 Å². The van der Waals surface area contributed by atoms with Gasteiger partial charge in [-0.2, -0.15) is 0 Å². The summed E-state index contributed by atoms with van der Waals surface area (Å²) < 4.78 is 0. The molecule has 1 rings (SSSR count). The molecule has 1 aromatic rings. The molecule has 3 N–H and O–H groups in total. The van der Waals surface area contributed by atoms with Crippen LogP contribution in [0.4, 0.5) is 11.5 Å². The van der Waals surface area contributed by atoms with Gasteiger partial charge in [-0.05, 0) is 26.3 Å². The smallest absolute Gasteiger partial charge is 0.337 e. The Bertz CT molecular complexity index is 430. The largest absolute Gasteiger partial charge is 0.478 e. The summed E-state index contributed by atoms with van der Waals surface area (Å²) in [4.78, 5) is 16.9. The molecule has 0 unspecified atom stereocenters. The van der Waals surface area contributed by atoms with Gasteiger partial charge >= 0.3 is 5.97 Å². The van der Waals surface area contributed by atoms with Gasteiger partial charge < -0.3 is 15.7 Å². The van der Waals surface area contributed by atoms with E-state index >= 15 is 0 Å². The summed E-state index contributed by atoms with van der Waals surface area (Å²) in [6, 6.07) is 1.44. The fourth-order valence-corrected chi connectivity index (χ4v) is 1.40. The first-order valence-corrected chi connectivity index (χ1v) is 5.52. The molecular formula is C12H19N3O2. The maximum absolute atomic E-state index is 10.8. The van der Waals surface area contributed by atoms with E-state index in [4.69, 9.17) is 10.8 Å². The summed E-state index contributed by atoms with van der Waals surface area (Å²) in [5, 5.41) is 8.84. The Morgan fingerprint density at radius 3 is 2.59 bits per heavy atom. The normalized spacial score (nSPS) is 11.3. The molecule has 5 heteroatoms. The highest BCUT2D eigenvalue weighted by atomic mass is 16.4. The minimum Gasteiger partial charge on any atom is -0.478 e. The zero-order chi connectivity index (χ0) is 13.2. The summed E-state index contributed by atoms with van der Waals surface area (Å²) in [5.41, 5.74) is 6.26. The van der Waals surface area contributed by atoms with Crippen LogP contribution in [-0.2, 0) is 0 Å². The number of aromatic nitrogens is 1. The van der Waals surface area contributed by atoms with Crippen molar-refractivity contribution in [3.8, 4) is 0 Å². The third-order valence-corrected chi connectivity index (χ3v) is 3.23. The van der Waals surface area contributed by atoms with Gasteiger partial charge in [-0.3, -0.25) is 0 Å². The van der Waals surface area contributed by atoms with Crippen molar-refractivity contribution in [2.75, 3.05) is 17.7 Å². The van der Waals surface area contributed by atoms with Crippen molar-refractivity contribution in [3.05, 3.63) is 17.8 Å². The predicted molar refractivity (Wildman–Crippen MR) is 68.4 cm³/mol. The van der Waals surface area contributed by atoms with Crippen molar-refractivity contribution in [1.82, 2.24) is 4.98 Å². The molecular weight excluding hydrogens is 218 g/mol. The van der Waals surface area contributed by atoms with Crippen LogP contribution < -0.4 is 10.6 Å². The highest BCUT2D eigenvalue weighted by Gasteiger charge is 2.24. The molecule has 17 heavy (non-hydrogen) atoms. The van der Waals surface area contributed by atoms with E-state index in [2.05, 4.69) is 25.8 Å². The number of nitrogen functional groups attached to an aromatic ring is 1. The number of nitrogens with zero attached hydrogens (tertiary/aromatic N) is 2. The molecule has 0 saturated carbocycles. The number of carbonyl (C=O) groups is 1. The van der Waals surface area contributed by atoms with Crippen molar-refractivity contribution in [3.63, 3.8) is 0 Å². The summed E-state index contributed by atoms with van der Waals surface area (Å²) in [7, 11) is 1.91. The minimum absolute atomic E-state index is 0.0775. The molecule has 94 valence electrons. The fraction of sp³-hybridized carbons (Fsp3) is 0.500. The molecule has 0 amide bonds. The summed E-state index contributed by atoms with van der Waals surface area (Å²) in [6.45, 7) is 6.25. The van der Waals surface area contributed by atoms with E-state index in [1.807, 2.05) is 11.9 Å². The van der Waals surface area contributed by atoms with Gasteiger partial charge in [-0.25, -0.2) is 9.78 Å². The lowest BCUT2D eigenvalue weighted by Crippen LogP contribution is -2.41. The molecule has 0 saturated heterocycles. The van der Waals surface area contributed by atoms with Crippen LogP contribution in [-0.4, -0.2) is 28.6 Å². The van der Waals surface area contributed by atoms with E-state index in [9.17, 15) is 4.79 Å². The predicted octanol–water partition coefficient (Wildman–Crippen LogP) is 1.99. The number of nitrogens with two attached hydrogens (primary N) is 1.